The Kier molecular flexibility index (Phi) is 5.96. The Balaban J connectivity index is 1.47. The highest BCUT2D eigenvalue weighted by Gasteiger charge is 2.27. The molecule has 3 rings (SSSR count). The van der Waals surface area contributed by atoms with Crippen LogP contribution in [0.4, 0.5) is 0 Å². The maximum Gasteiger partial charge on any atom is 0.260 e. The minimum atomic E-state index is -0.0621. The minimum absolute atomic E-state index is 0.00957. The lowest BCUT2D eigenvalue weighted by Gasteiger charge is -2.18. The van der Waals surface area contributed by atoms with Gasteiger partial charge in [-0.15, -0.1) is 0 Å². The highest BCUT2D eigenvalue weighted by atomic mass is 16.5. The zero-order valence-corrected chi connectivity index (χ0v) is 14.8. The average Bonchev–Trinajstić information content (AvgIpc) is 3.15. The summed E-state index contributed by atoms with van der Waals surface area (Å²) in [7, 11) is 1.62. The van der Waals surface area contributed by atoms with Crippen LogP contribution in [0.25, 0.3) is 0 Å². The monoisotopic (exact) mass is 357 g/mol. The van der Waals surface area contributed by atoms with Crippen molar-refractivity contribution >= 4 is 5.91 Å². The molecule has 1 heterocycles. The summed E-state index contributed by atoms with van der Waals surface area (Å²) in [5.74, 6) is 2.03. The number of carbonyl (C=O) groups excluding carboxylic acids is 1. The normalized spacial score (nSPS) is 16.4. The number of nitrogens with zero attached hydrogens (tertiary/aromatic N) is 1. The maximum atomic E-state index is 12.3. The Morgan fingerprint density at radius 2 is 1.92 bits per heavy atom. The topological polar surface area (TPSA) is 68.2 Å². The van der Waals surface area contributed by atoms with Crippen LogP contribution in [0, 0.1) is 0 Å². The molecule has 1 fully saturated rings. The molecule has 0 bridgehead atoms. The van der Waals surface area contributed by atoms with E-state index in [9.17, 15) is 4.79 Å². The van der Waals surface area contributed by atoms with Gasteiger partial charge in [-0.25, -0.2) is 0 Å². The van der Waals surface area contributed by atoms with E-state index >= 15 is 0 Å². The molecule has 0 radical (unpaired) electrons. The minimum Gasteiger partial charge on any atom is -0.497 e. The van der Waals surface area contributed by atoms with Crippen molar-refractivity contribution in [3.05, 3.63) is 54.1 Å². The smallest absolute Gasteiger partial charge is 0.260 e. The summed E-state index contributed by atoms with van der Waals surface area (Å²) >= 11 is 0. The first-order chi connectivity index (χ1) is 12.7. The molecular formula is C20H23NO5. The number of aliphatic hydroxyl groups is 1. The third-order valence-corrected chi connectivity index (χ3v) is 4.31. The third-order valence-electron chi connectivity index (χ3n) is 4.31. The molecule has 1 aliphatic heterocycles. The van der Waals surface area contributed by atoms with E-state index in [1.54, 1.807) is 36.3 Å². The van der Waals surface area contributed by atoms with Crippen molar-refractivity contribution in [2.75, 3.05) is 26.8 Å². The van der Waals surface area contributed by atoms with Crippen LogP contribution in [-0.2, 0) is 11.4 Å². The molecule has 1 saturated heterocycles. The summed E-state index contributed by atoms with van der Waals surface area (Å²) in [6, 6.07) is 14.5. The van der Waals surface area contributed by atoms with Gasteiger partial charge in [0.05, 0.1) is 20.3 Å². The van der Waals surface area contributed by atoms with Crippen LogP contribution < -0.4 is 14.2 Å². The van der Waals surface area contributed by atoms with E-state index in [2.05, 4.69) is 0 Å². The molecule has 0 spiro atoms. The predicted molar refractivity (Wildman–Crippen MR) is 96.5 cm³/mol. The van der Waals surface area contributed by atoms with Gasteiger partial charge < -0.3 is 24.2 Å². The standard InChI is InChI=1S/C20H23NO5/c1-24-17-3-2-4-18(11-17)26-19-9-10-21(12-19)20(23)14-25-16-7-5-15(13-22)6-8-16/h2-8,11,19,22H,9-10,12-14H2,1H3/t19-/m1/s1. The number of rotatable bonds is 7. The molecule has 6 nitrogen and oxygen atoms in total. The van der Waals surface area contributed by atoms with Gasteiger partial charge in [0, 0.05) is 19.0 Å². The first-order valence-electron chi connectivity index (χ1n) is 8.59. The Hall–Kier alpha value is -2.73. The summed E-state index contributed by atoms with van der Waals surface area (Å²) in [6.07, 6.45) is 0.753. The van der Waals surface area contributed by atoms with Gasteiger partial charge in [0.2, 0.25) is 0 Å². The largest absolute Gasteiger partial charge is 0.497 e. The van der Waals surface area contributed by atoms with E-state index in [0.29, 0.717) is 18.8 Å². The molecule has 1 aliphatic rings. The molecule has 1 N–H and O–H groups in total. The van der Waals surface area contributed by atoms with Gasteiger partial charge in [-0.05, 0) is 29.8 Å². The zero-order chi connectivity index (χ0) is 18.4. The third kappa shape index (κ3) is 4.67. The number of ether oxygens (including phenoxy) is 3. The molecule has 0 unspecified atom stereocenters. The van der Waals surface area contributed by atoms with Crippen molar-refractivity contribution in [3.8, 4) is 17.2 Å². The van der Waals surface area contributed by atoms with Crippen LogP contribution in [0.3, 0.4) is 0 Å². The lowest BCUT2D eigenvalue weighted by Crippen LogP contribution is -2.34. The summed E-state index contributed by atoms with van der Waals surface area (Å²) in [5, 5.41) is 9.03. The molecule has 2 aromatic rings. The molecule has 26 heavy (non-hydrogen) atoms. The van der Waals surface area contributed by atoms with Crippen molar-refractivity contribution in [1.82, 2.24) is 4.90 Å². The van der Waals surface area contributed by atoms with Gasteiger partial charge in [-0.1, -0.05) is 18.2 Å². The van der Waals surface area contributed by atoms with Gasteiger partial charge in [-0.2, -0.15) is 0 Å². The summed E-state index contributed by atoms with van der Waals surface area (Å²) < 4.78 is 16.7. The van der Waals surface area contributed by atoms with E-state index in [0.717, 1.165) is 23.5 Å². The summed E-state index contributed by atoms with van der Waals surface area (Å²) in [5.41, 5.74) is 0.806. The van der Waals surface area contributed by atoms with Crippen molar-refractivity contribution in [3.63, 3.8) is 0 Å². The molecule has 0 aliphatic carbocycles. The second-order valence-corrected chi connectivity index (χ2v) is 6.14. The summed E-state index contributed by atoms with van der Waals surface area (Å²) in [4.78, 5) is 14.1. The lowest BCUT2D eigenvalue weighted by atomic mass is 10.2. The number of carbonyl (C=O) groups is 1. The number of amides is 1. The predicted octanol–water partition coefficient (Wildman–Crippen LogP) is 2.25. The van der Waals surface area contributed by atoms with Crippen LogP contribution in [0.5, 0.6) is 17.2 Å². The molecule has 138 valence electrons. The van der Waals surface area contributed by atoms with Crippen molar-refractivity contribution in [2.45, 2.75) is 19.1 Å². The fourth-order valence-corrected chi connectivity index (χ4v) is 2.85. The van der Waals surface area contributed by atoms with Crippen LogP contribution in [0.1, 0.15) is 12.0 Å². The molecule has 6 heteroatoms. The number of hydrogen-bond donors (Lipinski definition) is 1. The Morgan fingerprint density at radius 3 is 2.65 bits per heavy atom. The first kappa shape index (κ1) is 18.1. The van der Waals surface area contributed by atoms with Crippen LogP contribution in [-0.4, -0.2) is 48.8 Å². The lowest BCUT2D eigenvalue weighted by molar-refractivity contribution is -0.132. The van der Waals surface area contributed by atoms with E-state index in [4.69, 9.17) is 19.3 Å². The number of aliphatic hydroxyl groups excluding tert-OH is 1. The van der Waals surface area contributed by atoms with Crippen LogP contribution >= 0.6 is 0 Å². The number of likely N-dealkylation sites (tertiary alicyclic amines) is 1. The fraction of sp³-hybridized carbons (Fsp3) is 0.350. The fourth-order valence-electron chi connectivity index (χ4n) is 2.85. The van der Waals surface area contributed by atoms with Crippen molar-refractivity contribution in [2.24, 2.45) is 0 Å². The van der Waals surface area contributed by atoms with E-state index in [-0.39, 0.29) is 25.2 Å². The van der Waals surface area contributed by atoms with Gasteiger partial charge >= 0.3 is 0 Å². The first-order valence-corrected chi connectivity index (χ1v) is 8.59. The second-order valence-electron chi connectivity index (χ2n) is 6.14. The number of hydrogen-bond acceptors (Lipinski definition) is 5. The van der Waals surface area contributed by atoms with Gasteiger partial charge in [0.15, 0.2) is 6.61 Å². The van der Waals surface area contributed by atoms with Crippen LogP contribution in [0.15, 0.2) is 48.5 Å². The molecular weight excluding hydrogens is 334 g/mol. The highest BCUT2D eigenvalue weighted by Crippen LogP contribution is 2.23. The Labute approximate surface area is 152 Å². The van der Waals surface area contributed by atoms with Crippen LogP contribution in [0.2, 0.25) is 0 Å². The molecule has 0 saturated carbocycles. The summed E-state index contributed by atoms with van der Waals surface area (Å²) in [6.45, 7) is 1.18. The van der Waals surface area contributed by atoms with Gasteiger partial charge in [0.1, 0.15) is 23.4 Å². The molecule has 0 aromatic heterocycles. The van der Waals surface area contributed by atoms with Crippen molar-refractivity contribution in [1.29, 1.82) is 0 Å². The number of benzene rings is 2. The molecule has 1 atom stereocenters. The number of methoxy groups -OCH3 is 1. The van der Waals surface area contributed by atoms with Gasteiger partial charge in [-0.3, -0.25) is 4.79 Å². The van der Waals surface area contributed by atoms with E-state index in [1.165, 1.54) is 0 Å². The molecule has 2 aromatic carbocycles. The van der Waals surface area contributed by atoms with E-state index < -0.39 is 0 Å². The zero-order valence-electron chi connectivity index (χ0n) is 14.8. The SMILES string of the molecule is COc1cccc(O[C@@H]2CCN(C(=O)COc3ccc(CO)cc3)C2)c1. The van der Waals surface area contributed by atoms with Crippen molar-refractivity contribution < 1.29 is 24.1 Å². The second kappa shape index (κ2) is 8.58. The average molecular weight is 357 g/mol. The van der Waals surface area contributed by atoms with E-state index in [1.807, 2.05) is 24.3 Å². The molecule has 1 amide bonds. The maximum absolute atomic E-state index is 12.3. The highest BCUT2D eigenvalue weighted by molar-refractivity contribution is 5.78. The van der Waals surface area contributed by atoms with Gasteiger partial charge in [0.25, 0.3) is 5.91 Å². The Bertz CT molecular complexity index is 731. The Morgan fingerprint density at radius 1 is 1.15 bits per heavy atom. The quantitative estimate of drug-likeness (QED) is 0.823.